The molecule has 0 fully saturated rings. The van der Waals surface area contributed by atoms with Crippen LogP contribution in [0.1, 0.15) is 15.9 Å². The molecule has 0 saturated heterocycles. The van der Waals surface area contributed by atoms with Crippen LogP contribution in [0.5, 0.6) is 11.5 Å². The first-order valence-corrected chi connectivity index (χ1v) is 9.89. The second-order valence-corrected chi connectivity index (χ2v) is 7.71. The summed E-state index contributed by atoms with van der Waals surface area (Å²) in [6.45, 7) is 0.286. The maximum atomic E-state index is 13.0. The lowest BCUT2D eigenvalue weighted by Crippen LogP contribution is -2.25. The fourth-order valence-electron chi connectivity index (χ4n) is 2.69. The Labute approximate surface area is 164 Å². The summed E-state index contributed by atoms with van der Waals surface area (Å²) in [5, 5.41) is 8.23. The first kappa shape index (κ1) is 18.7. The normalized spacial score (nSPS) is 12.6. The molecule has 0 unspecified atom stereocenters. The number of halogens is 1. The monoisotopic (exact) mass is 418 g/mol. The lowest BCUT2D eigenvalue weighted by atomic mass is 10.2. The van der Waals surface area contributed by atoms with Crippen LogP contribution in [0.3, 0.4) is 0 Å². The van der Waals surface area contributed by atoms with E-state index < -0.39 is 26.8 Å². The van der Waals surface area contributed by atoms with Gasteiger partial charge >= 0.3 is 0 Å². The number of benzene rings is 2. The Bertz CT molecular complexity index is 1160. The number of amides is 1. The predicted molar refractivity (Wildman–Crippen MR) is 99.5 cm³/mol. The number of sulfonamides is 1. The van der Waals surface area contributed by atoms with E-state index in [1.807, 2.05) is 0 Å². The number of aromatic nitrogens is 2. The van der Waals surface area contributed by atoms with Crippen LogP contribution < -0.4 is 19.5 Å². The second kappa shape index (κ2) is 7.43. The number of hydrogen-bond donors (Lipinski definition) is 3. The van der Waals surface area contributed by atoms with Gasteiger partial charge in [0.2, 0.25) is 6.79 Å². The third-order valence-electron chi connectivity index (χ3n) is 4.10. The molecule has 1 amide bonds. The van der Waals surface area contributed by atoms with E-state index in [0.29, 0.717) is 11.5 Å². The van der Waals surface area contributed by atoms with Crippen LogP contribution in [0, 0.1) is 5.82 Å². The molecule has 3 N–H and O–H groups in total. The van der Waals surface area contributed by atoms with Crippen molar-refractivity contribution in [1.82, 2.24) is 15.5 Å². The number of nitrogens with one attached hydrogen (secondary N) is 3. The van der Waals surface area contributed by atoms with Crippen LogP contribution in [0.15, 0.2) is 53.7 Å². The van der Waals surface area contributed by atoms with Gasteiger partial charge in [-0.05, 0) is 42.0 Å². The molecular formula is C18H15FN4O5S. The first-order chi connectivity index (χ1) is 13.9. The van der Waals surface area contributed by atoms with Gasteiger partial charge in [0, 0.05) is 12.2 Å². The number of carbonyl (C=O) groups excluding carboxylic acids is 1. The smallest absolute Gasteiger partial charge is 0.279 e. The van der Waals surface area contributed by atoms with Gasteiger partial charge in [0.1, 0.15) is 5.82 Å². The number of nitrogens with zero attached hydrogens (tertiary/aromatic N) is 1. The minimum atomic E-state index is -4.14. The van der Waals surface area contributed by atoms with E-state index in [-0.39, 0.29) is 24.6 Å². The molecule has 0 radical (unpaired) electrons. The van der Waals surface area contributed by atoms with Crippen molar-refractivity contribution in [2.75, 3.05) is 11.5 Å². The van der Waals surface area contributed by atoms with Gasteiger partial charge in [-0.1, -0.05) is 6.07 Å². The molecule has 2 heterocycles. The summed E-state index contributed by atoms with van der Waals surface area (Å²) in [4.78, 5) is 12.5. The summed E-state index contributed by atoms with van der Waals surface area (Å²) < 4.78 is 51.0. The summed E-state index contributed by atoms with van der Waals surface area (Å²) >= 11 is 0. The molecule has 0 bridgehead atoms. The number of ether oxygens (including phenoxy) is 2. The molecule has 1 aliphatic rings. The van der Waals surface area contributed by atoms with Crippen molar-refractivity contribution in [3.05, 3.63) is 65.6 Å². The van der Waals surface area contributed by atoms with Gasteiger partial charge in [0.15, 0.2) is 16.5 Å². The highest BCUT2D eigenvalue weighted by atomic mass is 32.2. The number of aromatic amines is 1. The van der Waals surface area contributed by atoms with E-state index in [1.165, 1.54) is 12.1 Å². The molecule has 29 heavy (non-hydrogen) atoms. The Morgan fingerprint density at radius 3 is 2.69 bits per heavy atom. The number of H-pyrrole nitrogens is 1. The molecule has 1 aromatic heterocycles. The Kier molecular flexibility index (Phi) is 4.80. The zero-order valence-corrected chi connectivity index (χ0v) is 15.6. The Hall–Kier alpha value is -3.60. The number of rotatable bonds is 6. The Balaban J connectivity index is 1.47. The topological polar surface area (TPSA) is 122 Å². The zero-order valence-electron chi connectivity index (χ0n) is 14.8. The summed E-state index contributed by atoms with van der Waals surface area (Å²) in [7, 11) is -4.14. The van der Waals surface area contributed by atoms with Crippen molar-refractivity contribution >= 4 is 21.6 Å². The van der Waals surface area contributed by atoms with Crippen molar-refractivity contribution in [3.8, 4) is 11.5 Å². The fraction of sp³-hybridized carbons (Fsp3) is 0.111. The molecule has 0 atom stereocenters. The fourth-order valence-corrected chi connectivity index (χ4v) is 3.85. The van der Waals surface area contributed by atoms with E-state index in [4.69, 9.17) is 9.47 Å². The van der Waals surface area contributed by atoms with Crippen molar-refractivity contribution in [1.29, 1.82) is 0 Å². The molecule has 0 saturated carbocycles. The van der Waals surface area contributed by atoms with Crippen LogP contribution >= 0.6 is 0 Å². The Morgan fingerprint density at radius 1 is 1.14 bits per heavy atom. The van der Waals surface area contributed by atoms with Gasteiger partial charge in [-0.2, -0.15) is 13.5 Å². The molecule has 150 valence electrons. The third-order valence-corrected chi connectivity index (χ3v) is 5.46. The molecule has 0 spiro atoms. The maximum Gasteiger partial charge on any atom is 0.279 e. The second-order valence-electron chi connectivity index (χ2n) is 6.10. The van der Waals surface area contributed by atoms with Gasteiger partial charge in [0.05, 0.1) is 11.8 Å². The van der Waals surface area contributed by atoms with E-state index in [0.717, 1.165) is 23.9 Å². The first-order valence-electron chi connectivity index (χ1n) is 8.41. The maximum absolute atomic E-state index is 13.0. The standard InChI is InChI=1S/C18H15FN4O5S/c19-12-2-4-13(5-3-12)23-29(25,26)18-14(9-21-22-18)17(24)20-8-11-1-6-15-16(7-11)28-10-27-15/h1-7,9,23H,8,10H2,(H,20,24)(H,21,22). The van der Waals surface area contributed by atoms with Crippen LogP contribution in [0.25, 0.3) is 0 Å². The van der Waals surface area contributed by atoms with Gasteiger partial charge in [-0.15, -0.1) is 0 Å². The average molecular weight is 418 g/mol. The SMILES string of the molecule is O=C(NCc1ccc2c(c1)OCO2)c1cn[nH]c1S(=O)(=O)Nc1ccc(F)cc1. The lowest BCUT2D eigenvalue weighted by molar-refractivity contribution is 0.0947. The van der Waals surface area contributed by atoms with E-state index >= 15 is 0 Å². The largest absolute Gasteiger partial charge is 0.454 e. The van der Waals surface area contributed by atoms with Crippen molar-refractivity contribution in [3.63, 3.8) is 0 Å². The van der Waals surface area contributed by atoms with Gasteiger partial charge < -0.3 is 14.8 Å². The van der Waals surface area contributed by atoms with E-state index in [1.54, 1.807) is 18.2 Å². The Morgan fingerprint density at radius 2 is 1.90 bits per heavy atom. The predicted octanol–water partition coefficient (Wildman–Crippen LogP) is 2.01. The van der Waals surface area contributed by atoms with Crippen LogP contribution in [-0.2, 0) is 16.6 Å². The number of anilines is 1. The van der Waals surface area contributed by atoms with Crippen molar-refractivity contribution < 1.29 is 27.1 Å². The molecule has 1 aliphatic heterocycles. The number of carbonyl (C=O) groups is 1. The van der Waals surface area contributed by atoms with Crippen LogP contribution in [0.2, 0.25) is 0 Å². The summed E-state index contributed by atoms with van der Waals surface area (Å²) in [6, 6.07) is 9.98. The van der Waals surface area contributed by atoms with E-state index in [9.17, 15) is 17.6 Å². The van der Waals surface area contributed by atoms with Gasteiger partial charge in [-0.25, -0.2) is 4.39 Å². The van der Waals surface area contributed by atoms with Crippen molar-refractivity contribution in [2.24, 2.45) is 0 Å². The van der Waals surface area contributed by atoms with Crippen LogP contribution in [-0.4, -0.2) is 31.3 Å². The zero-order chi connectivity index (χ0) is 20.4. The van der Waals surface area contributed by atoms with Crippen molar-refractivity contribution in [2.45, 2.75) is 11.6 Å². The van der Waals surface area contributed by atoms with Gasteiger partial charge in [0.25, 0.3) is 15.9 Å². The molecule has 9 nitrogen and oxygen atoms in total. The highest BCUT2D eigenvalue weighted by Crippen LogP contribution is 2.32. The molecule has 0 aliphatic carbocycles. The highest BCUT2D eigenvalue weighted by Gasteiger charge is 2.25. The number of hydrogen-bond acceptors (Lipinski definition) is 6. The molecule has 3 aromatic rings. The summed E-state index contributed by atoms with van der Waals surface area (Å²) in [6.07, 6.45) is 1.12. The minimum Gasteiger partial charge on any atom is -0.454 e. The summed E-state index contributed by atoms with van der Waals surface area (Å²) in [5.41, 5.74) is 0.744. The molecular weight excluding hydrogens is 403 g/mol. The third kappa shape index (κ3) is 3.99. The molecule has 4 rings (SSSR count). The summed E-state index contributed by atoms with van der Waals surface area (Å²) in [5.74, 6) is 0.0657. The van der Waals surface area contributed by atoms with Crippen LogP contribution in [0.4, 0.5) is 10.1 Å². The van der Waals surface area contributed by atoms with E-state index in [2.05, 4.69) is 20.2 Å². The minimum absolute atomic E-state index is 0.141. The number of fused-ring (bicyclic) bond motifs is 1. The lowest BCUT2D eigenvalue weighted by Gasteiger charge is -2.09. The molecule has 11 heteroatoms. The average Bonchev–Trinajstić information content (AvgIpc) is 3.37. The van der Waals surface area contributed by atoms with Gasteiger partial charge in [-0.3, -0.25) is 14.6 Å². The molecule has 2 aromatic carbocycles. The highest BCUT2D eigenvalue weighted by molar-refractivity contribution is 7.92. The quantitative estimate of drug-likeness (QED) is 0.563.